The lowest BCUT2D eigenvalue weighted by Crippen LogP contribution is -2.37. The maximum Gasteiger partial charge on any atom is 0.269 e. The first kappa shape index (κ1) is 20.4. The quantitative estimate of drug-likeness (QED) is 0.411. The zero-order valence-corrected chi connectivity index (χ0v) is 17.2. The van der Waals surface area contributed by atoms with Crippen LogP contribution in [-0.4, -0.2) is 33.5 Å². The lowest BCUT2D eigenvalue weighted by atomic mass is 9.88. The number of anilines is 1. The number of non-ortho nitro benzene ring substituents is 1. The summed E-state index contributed by atoms with van der Waals surface area (Å²) in [6.45, 7) is 1.96. The minimum atomic E-state index is -0.418. The van der Waals surface area contributed by atoms with E-state index in [1.807, 2.05) is 6.20 Å². The largest absolute Gasteiger partial charge is 0.383 e. The van der Waals surface area contributed by atoms with Crippen molar-refractivity contribution in [3.63, 3.8) is 0 Å². The smallest absolute Gasteiger partial charge is 0.269 e. The zero-order chi connectivity index (χ0) is 20.9. The molecule has 0 spiro atoms. The van der Waals surface area contributed by atoms with Gasteiger partial charge in [0.1, 0.15) is 5.82 Å². The third kappa shape index (κ3) is 4.63. The first-order chi connectivity index (χ1) is 14.6. The van der Waals surface area contributed by atoms with Crippen molar-refractivity contribution in [1.29, 1.82) is 0 Å². The normalized spacial score (nSPS) is 19.1. The first-order valence-corrected chi connectivity index (χ1v) is 10.9. The highest BCUT2D eigenvalue weighted by atomic mass is 16.6. The van der Waals surface area contributed by atoms with Crippen molar-refractivity contribution in [3.05, 3.63) is 52.1 Å². The number of benzene rings is 1. The van der Waals surface area contributed by atoms with E-state index in [4.69, 9.17) is 4.98 Å². The van der Waals surface area contributed by atoms with Crippen LogP contribution in [0, 0.1) is 16.0 Å². The summed E-state index contributed by atoms with van der Waals surface area (Å²) in [5.74, 6) is 1.90. The van der Waals surface area contributed by atoms with Crippen molar-refractivity contribution >= 4 is 17.3 Å². The van der Waals surface area contributed by atoms with Crippen molar-refractivity contribution in [2.75, 3.05) is 18.4 Å². The molecule has 8 nitrogen and oxygen atoms in total. The number of aromatic nitrogens is 2. The molecule has 1 aromatic heterocycles. The summed E-state index contributed by atoms with van der Waals surface area (Å²) >= 11 is 0. The van der Waals surface area contributed by atoms with Crippen molar-refractivity contribution in [1.82, 2.24) is 14.9 Å². The van der Waals surface area contributed by atoms with Gasteiger partial charge in [-0.2, -0.15) is 0 Å². The van der Waals surface area contributed by atoms with E-state index in [0.29, 0.717) is 19.0 Å². The third-order valence-electron chi connectivity index (χ3n) is 6.30. The molecule has 8 heteroatoms. The van der Waals surface area contributed by atoms with Gasteiger partial charge in [-0.25, -0.2) is 4.98 Å². The molecule has 2 aromatic rings. The van der Waals surface area contributed by atoms with Crippen LogP contribution in [0.1, 0.15) is 56.0 Å². The van der Waals surface area contributed by atoms with E-state index in [0.717, 1.165) is 25.1 Å². The Bertz CT molecular complexity index is 887. The second kappa shape index (κ2) is 9.28. The second-order valence-corrected chi connectivity index (χ2v) is 8.31. The molecule has 0 bridgehead atoms. The van der Waals surface area contributed by atoms with Crippen LogP contribution >= 0.6 is 0 Å². The van der Waals surface area contributed by atoms with Gasteiger partial charge in [-0.15, -0.1) is 0 Å². The molecule has 1 fully saturated rings. The number of carbonyl (C=O) groups is 1. The van der Waals surface area contributed by atoms with Crippen molar-refractivity contribution in [3.8, 4) is 0 Å². The molecule has 160 valence electrons. The molecule has 0 radical (unpaired) electrons. The van der Waals surface area contributed by atoms with Gasteiger partial charge in [0.2, 0.25) is 5.91 Å². The predicted octanol–water partition coefficient (Wildman–Crippen LogP) is 3.63. The molecule has 30 heavy (non-hydrogen) atoms. The molecule has 1 saturated carbocycles. The maximum absolute atomic E-state index is 12.6. The zero-order valence-electron chi connectivity index (χ0n) is 17.2. The summed E-state index contributed by atoms with van der Waals surface area (Å²) in [6.07, 6.45) is 9.98. The number of amides is 1. The Balaban J connectivity index is 1.23. The molecule has 1 aliphatic carbocycles. The molecule has 1 aliphatic heterocycles. The fourth-order valence-corrected chi connectivity index (χ4v) is 4.64. The SMILES string of the molecule is O=C(NCCNc1ccc([N+](=O)[O-])cc1)C1CCn2c(cnc2C2CCCCC2)C1. The Morgan fingerprint density at radius 3 is 2.63 bits per heavy atom. The third-order valence-corrected chi connectivity index (χ3v) is 6.30. The molecule has 2 heterocycles. The van der Waals surface area contributed by atoms with Crippen LogP contribution in [0.25, 0.3) is 0 Å². The Kier molecular flexibility index (Phi) is 6.30. The number of hydrogen-bond donors (Lipinski definition) is 2. The Morgan fingerprint density at radius 1 is 1.13 bits per heavy atom. The maximum atomic E-state index is 12.6. The van der Waals surface area contributed by atoms with Crippen LogP contribution in [0.15, 0.2) is 30.5 Å². The fourth-order valence-electron chi connectivity index (χ4n) is 4.64. The summed E-state index contributed by atoms with van der Waals surface area (Å²) in [7, 11) is 0. The van der Waals surface area contributed by atoms with Gasteiger partial charge in [0.05, 0.1) is 4.92 Å². The number of carbonyl (C=O) groups excluding carboxylic acids is 1. The van der Waals surface area contributed by atoms with Crippen LogP contribution in [0.5, 0.6) is 0 Å². The second-order valence-electron chi connectivity index (χ2n) is 8.31. The van der Waals surface area contributed by atoms with E-state index in [1.54, 1.807) is 12.1 Å². The number of nitrogens with zero attached hydrogens (tertiary/aromatic N) is 3. The Labute approximate surface area is 176 Å². The number of fused-ring (bicyclic) bond motifs is 1. The van der Waals surface area contributed by atoms with Crippen LogP contribution < -0.4 is 10.6 Å². The Morgan fingerprint density at radius 2 is 1.90 bits per heavy atom. The number of nitrogens with one attached hydrogen (secondary N) is 2. The van der Waals surface area contributed by atoms with Crippen LogP contribution in [0.2, 0.25) is 0 Å². The molecular weight excluding hydrogens is 382 g/mol. The van der Waals surface area contributed by atoms with E-state index in [1.165, 1.54) is 55.8 Å². The van der Waals surface area contributed by atoms with Gasteiger partial charge in [-0.3, -0.25) is 14.9 Å². The van der Waals surface area contributed by atoms with Gasteiger partial charge >= 0.3 is 0 Å². The summed E-state index contributed by atoms with van der Waals surface area (Å²) in [6, 6.07) is 6.28. The van der Waals surface area contributed by atoms with E-state index in [-0.39, 0.29) is 17.5 Å². The minimum absolute atomic E-state index is 0.00668. The van der Waals surface area contributed by atoms with Crippen LogP contribution in [0.3, 0.4) is 0 Å². The molecule has 1 unspecified atom stereocenters. The van der Waals surface area contributed by atoms with Gasteiger partial charge in [-0.05, 0) is 31.4 Å². The number of imidazole rings is 1. The molecular formula is C22H29N5O3. The number of nitro benzene ring substituents is 1. The van der Waals surface area contributed by atoms with Gasteiger partial charge in [0, 0.05) is 67.6 Å². The van der Waals surface area contributed by atoms with Crippen LogP contribution in [-0.2, 0) is 17.8 Å². The summed E-state index contributed by atoms with van der Waals surface area (Å²) in [5, 5.41) is 16.9. The molecule has 4 rings (SSSR count). The van der Waals surface area contributed by atoms with E-state index >= 15 is 0 Å². The van der Waals surface area contributed by atoms with E-state index in [9.17, 15) is 14.9 Å². The molecule has 2 aliphatic rings. The molecule has 2 N–H and O–H groups in total. The predicted molar refractivity (Wildman–Crippen MR) is 114 cm³/mol. The van der Waals surface area contributed by atoms with Crippen molar-refractivity contribution in [2.24, 2.45) is 5.92 Å². The van der Waals surface area contributed by atoms with Crippen molar-refractivity contribution < 1.29 is 9.72 Å². The standard InChI is InChI=1S/C22H29N5O3/c28-22(24-12-11-23-18-6-8-19(9-7-18)27(29)30)17-10-13-26-20(14-17)15-25-21(26)16-4-2-1-3-5-16/h6-9,15-17,23H,1-5,10-14H2,(H,24,28). The average Bonchev–Trinajstić information content (AvgIpc) is 3.21. The topological polar surface area (TPSA) is 102 Å². The highest BCUT2D eigenvalue weighted by molar-refractivity contribution is 5.79. The molecule has 0 saturated heterocycles. The Hall–Kier alpha value is -2.90. The monoisotopic (exact) mass is 411 g/mol. The summed E-state index contributed by atoms with van der Waals surface area (Å²) in [5.41, 5.74) is 2.05. The lowest BCUT2D eigenvalue weighted by molar-refractivity contribution is -0.384. The average molecular weight is 412 g/mol. The van der Waals surface area contributed by atoms with Gasteiger partial charge < -0.3 is 15.2 Å². The van der Waals surface area contributed by atoms with Gasteiger partial charge in [0.15, 0.2) is 0 Å². The van der Waals surface area contributed by atoms with E-state index in [2.05, 4.69) is 15.2 Å². The molecule has 1 amide bonds. The van der Waals surface area contributed by atoms with Crippen LogP contribution in [0.4, 0.5) is 11.4 Å². The highest BCUT2D eigenvalue weighted by Crippen LogP contribution is 2.34. The molecule has 1 atom stereocenters. The lowest BCUT2D eigenvalue weighted by Gasteiger charge is -2.27. The summed E-state index contributed by atoms with van der Waals surface area (Å²) < 4.78 is 2.36. The van der Waals surface area contributed by atoms with Crippen molar-refractivity contribution in [2.45, 2.75) is 57.4 Å². The number of hydrogen-bond acceptors (Lipinski definition) is 5. The molecule has 1 aromatic carbocycles. The fraction of sp³-hybridized carbons (Fsp3) is 0.545. The van der Waals surface area contributed by atoms with Gasteiger partial charge in [0.25, 0.3) is 5.69 Å². The number of rotatable bonds is 7. The van der Waals surface area contributed by atoms with Gasteiger partial charge in [-0.1, -0.05) is 19.3 Å². The number of nitro groups is 1. The van der Waals surface area contributed by atoms with E-state index < -0.39 is 4.92 Å². The summed E-state index contributed by atoms with van der Waals surface area (Å²) in [4.78, 5) is 27.6. The first-order valence-electron chi connectivity index (χ1n) is 10.9. The minimum Gasteiger partial charge on any atom is -0.383 e. The highest BCUT2D eigenvalue weighted by Gasteiger charge is 2.29.